The van der Waals surface area contributed by atoms with Gasteiger partial charge in [-0.1, -0.05) is 30.3 Å². The summed E-state index contributed by atoms with van der Waals surface area (Å²) in [4.78, 5) is 15.0. The molecule has 0 fully saturated rings. The number of aryl methyl sites for hydroxylation is 1. The Kier molecular flexibility index (Phi) is 2.59. The molecule has 1 aromatic heterocycles. The SMILES string of the molecule is Cc1ccnc(C=O)c1-c1ccccc1. The summed E-state index contributed by atoms with van der Waals surface area (Å²) >= 11 is 0. The molecule has 0 spiro atoms. The van der Waals surface area contributed by atoms with E-state index in [-0.39, 0.29) is 0 Å². The Labute approximate surface area is 88.6 Å². The van der Waals surface area contributed by atoms with E-state index in [1.807, 2.05) is 43.3 Å². The maximum atomic E-state index is 10.9. The highest BCUT2D eigenvalue weighted by Gasteiger charge is 2.07. The molecule has 0 amide bonds. The Morgan fingerprint density at radius 1 is 1.13 bits per heavy atom. The molecule has 2 aromatic rings. The molecular formula is C13H11NO. The molecule has 2 rings (SSSR count). The van der Waals surface area contributed by atoms with Gasteiger partial charge in [-0.25, -0.2) is 0 Å². The van der Waals surface area contributed by atoms with E-state index in [2.05, 4.69) is 4.98 Å². The van der Waals surface area contributed by atoms with Crippen LogP contribution in [-0.4, -0.2) is 11.3 Å². The number of carbonyl (C=O) groups excluding carboxylic acids is 1. The van der Waals surface area contributed by atoms with E-state index in [4.69, 9.17) is 0 Å². The minimum atomic E-state index is 0.501. The first-order valence-electron chi connectivity index (χ1n) is 4.79. The standard InChI is InChI=1S/C13H11NO/c1-10-7-8-14-12(9-15)13(10)11-5-3-2-4-6-11/h2-9H,1H3. The molecule has 0 saturated carbocycles. The summed E-state index contributed by atoms with van der Waals surface area (Å²) in [5.41, 5.74) is 3.53. The number of pyridine rings is 1. The number of rotatable bonds is 2. The summed E-state index contributed by atoms with van der Waals surface area (Å²) in [6, 6.07) is 11.7. The second-order valence-electron chi connectivity index (χ2n) is 3.37. The van der Waals surface area contributed by atoms with Crippen molar-refractivity contribution >= 4 is 6.29 Å². The summed E-state index contributed by atoms with van der Waals surface area (Å²) in [5.74, 6) is 0. The lowest BCUT2D eigenvalue weighted by molar-refractivity contribution is 0.111. The molecular weight excluding hydrogens is 186 g/mol. The Bertz CT molecular complexity index is 477. The molecule has 0 atom stereocenters. The fraction of sp³-hybridized carbons (Fsp3) is 0.0769. The van der Waals surface area contributed by atoms with Crippen LogP contribution in [0.5, 0.6) is 0 Å². The summed E-state index contributed by atoms with van der Waals surface area (Å²) in [5, 5.41) is 0. The summed E-state index contributed by atoms with van der Waals surface area (Å²) < 4.78 is 0. The number of hydrogen-bond donors (Lipinski definition) is 0. The molecule has 1 heterocycles. The maximum Gasteiger partial charge on any atom is 0.169 e. The molecule has 0 unspecified atom stereocenters. The van der Waals surface area contributed by atoms with Gasteiger partial charge < -0.3 is 0 Å². The zero-order valence-electron chi connectivity index (χ0n) is 8.47. The first kappa shape index (κ1) is 9.59. The number of carbonyl (C=O) groups is 1. The van der Waals surface area contributed by atoms with Crippen molar-refractivity contribution in [1.82, 2.24) is 4.98 Å². The van der Waals surface area contributed by atoms with Gasteiger partial charge in [-0.15, -0.1) is 0 Å². The Hall–Kier alpha value is -1.96. The number of benzene rings is 1. The van der Waals surface area contributed by atoms with Crippen LogP contribution >= 0.6 is 0 Å². The second kappa shape index (κ2) is 4.05. The van der Waals surface area contributed by atoms with Gasteiger partial charge in [-0.2, -0.15) is 0 Å². The molecule has 15 heavy (non-hydrogen) atoms. The van der Waals surface area contributed by atoms with Gasteiger partial charge in [0.15, 0.2) is 6.29 Å². The fourth-order valence-corrected chi connectivity index (χ4v) is 1.65. The van der Waals surface area contributed by atoms with Gasteiger partial charge in [-0.05, 0) is 24.1 Å². The first-order chi connectivity index (χ1) is 7.33. The predicted molar refractivity (Wildman–Crippen MR) is 59.8 cm³/mol. The third-order valence-electron chi connectivity index (χ3n) is 2.36. The molecule has 0 aliphatic rings. The molecule has 74 valence electrons. The van der Waals surface area contributed by atoms with Crippen molar-refractivity contribution in [3.05, 3.63) is 53.9 Å². The van der Waals surface area contributed by atoms with Crippen LogP contribution in [0.2, 0.25) is 0 Å². The molecule has 0 radical (unpaired) electrons. The molecule has 1 aromatic carbocycles. The highest BCUT2D eigenvalue weighted by molar-refractivity contribution is 5.86. The molecule has 2 heteroatoms. The highest BCUT2D eigenvalue weighted by Crippen LogP contribution is 2.24. The smallest absolute Gasteiger partial charge is 0.169 e. The topological polar surface area (TPSA) is 30.0 Å². The lowest BCUT2D eigenvalue weighted by Gasteiger charge is -2.07. The van der Waals surface area contributed by atoms with E-state index in [0.717, 1.165) is 23.0 Å². The van der Waals surface area contributed by atoms with Crippen LogP contribution in [0.4, 0.5) is 0 Å². The number of nitrogens with zero attached hydrogens (tertiary/aromatic N) is 1. The van der Waals surface area contributed by atoms with Gasteiger partial charge in [0, 0.05) is 11.8 Å². The molecule has 0 saturated heterocycles. The first-order valence-corrected chi connectivity index (χ1v) is 4.79. The Morgan fingerprint density at radius 2 is 1.87 bits per heavy atom. The maximum absolute atomic E-state index is 10.9. The van der Waals surface area contributed by atoms with Crippen molar-refractivity contribution in [3.8, 4) is 11.1 Å². The summed E-state index contributed by atoms with van der Waals surface area (Å²) in [6.45, 7) is 1.98. The van der Waals surface area contributed by atoms with E-state index in [0.29, 0.717) is 5.69 Å². The van der Waals surface area contributed by atoms with E-state index in [9.17, 15) is 4.79 Å². The molecule has 0 aliphatic carbocycles. The average Bonchev–Trinajstić information content (AvgIpc) is 2.29. The predicted octanol–water partition coefficient (Wildman–Crippen LogP) is 2.87. The normalized spacial score (nSPS) is 9.93. The van der Waals surface area contributed by atoms with Gasteiger partial charge in [-0.3, -0.25) is 9.78 Å². The van der Waals surface area contributed by atoms with Crippen LogP contribution < -0.4 is 0 Å². The third kappa shape index (κ3) is 1.79. The van der Waals surface area contributed by atoms with Gasteiger partial charge in [0.1, 0.15) is 5.69 Å². The van der Waals surface area contributed by atoms with Crippen LogP contribution in [0.1, 0.15) is 16.1 Å². The number of aldehydes is 1. The van der Waals surface area contributed by atoms with Crippen molar-refractivity contribution in [1.29, 1.82) is 0 Å². The lowest BCUT2D eigenvalue weighted by Crippen LogP contribution is -1.94. The monoisotopic (exact) mass is 197 g/mol. The second-order valence-corrected chi connectivity index (χ2v) is 3.37. The van der Waals surface area contributed by atoms with E-state index < -0.39 is 0 Å². The lowest BCUT2D eigenvalue weighted by atomic mass is 10.00. The number of aromatic nitrogens is 1. The van der Waals surface area contributed by atoms with Crippen LogP contribution in [0.3, 0.4) is 0 Å². The van der Waals surface area contributed by atoms with Gasteiger partial charge >= 0.3 is 0 Å². The van der Waals surface area contributed by atoms with Gasteiger partial charge in [0.2, 0.25) is 0 Å². The van der Waals surface area contributed by atoms with Crippen LogP contribution in [0, 0.1) is 6.92 Å². The van der Waals surface area contributed by atoms with E-state index >= 15 is 0 Å². The van der Waals surface area contributed by atoms with Crippen LogP contribution in [0.25, 0.3) is 11.1 Å². The van der Waals surface area contributed by atoms with Gasteiger partial charge in [0.25, 0.3) is 0 Å². The zero-order valence-corrected chi connectivity index (χ0v) is 8.47. The zero-order chi connectivity index (χ0) is 10.7. The molecule has 0 aliphatic heterocycles. The van der Waals surface area contributed by atoms with Gasteiger partial charge in [0.05, 0.1) is 0 Å². The average molecular weight is 197 g/mol. The number of hydrogen-bond acceptors (Lipinski definition) is 2. The van der Waals surface area contributed by atoms with Crippen molar-refractivity contribution in [2.75, 3.05) is 0 Å². The minimum absolute atomic E-state index is 0.501. The molecule has 2 nitrogen and oxygen atoms in total. The quantitative estimate of drug-likeness (QED) is 0.693. The Balaban J connectivity index is 2.66. The fourth-order valence-electron chi connectivity index (χ4n) is 1.65. The summed E-state index contributed by atoms with van der Waals surface area (Å²) in [7, 11) is 0. The Morgan fingerprint density at radius 3 is 2.53 bits per heavy atom. The van der Waals surface area contributed by atoms with E-state index in [1.54, 1.807) is 6.20 Å². The van der Waals surface area contributed by atoms with Crippen molar-refractivity contribution in [2.45, 2.75) is 6.92 Å². The summed E-state index contributed by atoms with van der Waals surface area (Å²) in [6.07, 6.45) is 2.46. The van der Waals surface area contributed by atoms with E-state index in [1.165, 1.54) is 0 Å². The molecule has 0 N–H and O–H groups in total. The highest BCUT2D eigenvalue weighted by atomic mass is 16.1. The largest absolute Gasteiger partial charge is 0.296 e. The van der Waals surface area contributed by atoms with Crippen LogP contribution in [0.15, 0.2) is 42.6 Å². The van der Waals surface area contributed by atoms with Crippen molar-refractivity contribution in [2.24, 2.45) is 0 Å². The molecule has 0 bridgehead atoms. The van der Waals surface area contributed by atoms with Crippen LogP contribution in [-0.2, 0) is 0 Å². The van der Waals surface area contributed by atoms with Crippen molar-refractivity contribution < 1.29 is 4.79 Å². The minimum Gasteiger partial charge on any atom is -0.296 e. The third-order valence-corrected chi connectivity index (χ3v) is 2.36. The van der Waals surface area contributed by atoms with Crippen molar-refractivity contribution in [3.63, 3.8) is 0 Å².